The third kappa shape index (κ3) is 4.71. The predicted molar refractivity (Wildman–Crippen MR) is 113 cm³/mol. The summed E-state index contributed by atoms with van der Waals surface area (Å²) in [6.07, 6.45) is 1.52. The molecule has 0 fully saturated rings. The summed E-state index contributed by atoms with van der Waals surface area (Å²) >= 11 is 0. The quantitative estimate of drug-likeness (QED) is 0.608. The van der Waals surface area contributed by atoms with Gasteiger partial charge in [0.05, 0.1) is 14.2 Å². The van der Waals surface area contributed by atoms with E-state index in [1.54, 1.807) is 14.2 Å². The molecule has 2 N–H and O–H groups in total. The van der Waals surface area contributed by atoms with Gasteiger partial charge >= 0.3 is 0 Å². The minimum Gasteiger partial charge on any atom is -0.493 e. The van der Waals surface area contributed by atoms with Crippen LogP contribution in [-0.4, -0.2) is 24.2 Å². The molecule has 0 aliphatic carbocycles. The second-order valence-electron chi connectivity index (χ2n) is 7.44. The molecule has 0 saturated carbocycles. The average molecular weight is 378 g/mol. The highest BCUT2D eigenvalue weighted by Gasteiger charge is 2.13. The van der Waals surface area contributed by atoms with E-state index < -0.39 is 0 Å². The normalized spacial score (nSPS) is 11.0. The van der Waals surface area contributed by atoms with Crippen molar-refractivity contribution in [3.63, 3.8) is 0 Å². The molecule has 0 aliphatic rings. The summed E-state index contributed by atoms with van der Waals surface area (Å²) in [5.74, 6) is 2.72. The fourth-order valence-electron chi connectivity index (χ4n) is 2.76. The van der Waals surface area contributed by atoms with Crippen molar-refractivity contribution in [2.75, 3.05) is 24.9 Å². The smallest absolute Gasteiger partial charge is 0.162 e. The first-order valence-corrected chi connectivity index (χ1v) is 9.08. The van der Waals surface area contributed by atoms with E-state index in [0.717, 1.165) is 11.4 Å². The highest BCUT2D eigenvalue weighted by Crippen LogP contribution is 2.31. The molecule has 0 unspecified atom stereocenters. The molecule has 3 rings (SSSR count). The van der Waals surface area contributed by atoms with Crippen LogP contribution >= 0.6 is 0 Å². The van der Waals surface area contributed by atoms with Gasteiger partial charge in [0.1, 0.15) is 18.0 Å². The van der Waals surface area contributed by atoms with Crippen LogP contribution in [0.5, 0.6) is 11.5 Å². The van der Waals surface area contributed by atoms with Gasteiger partial charge in [-0.15, -0.1) is 0 Å². The Morgan fingerprint density at radius 3 is 1.86 bits per heavy atom. The van der Waals surface area contributed by atoms with Crippen molar-refractivity contribution >= 4 is 23.0 Å². The van der Waals surface area contributed by atoms with E-state index in [1.165, 1.54) is 11.9 Å². The first-order valence-electron chi connectivity index (χ1n) is 9.08. The number of hydrogen-bond donors (Lipinski definition) is 2. The maximum atomic E-state index is 5.34. The van der Waals surface area contributed by atoms with E-state index in [-0.39, 0.29) is 5.41 Å². The SMILES string of the molecule is COc1ccc(Nc2cc(Nc3ccc(C(C)(C)C)cc3)ncn2)cc1OC. The second kappa shape index (κ2) is 8.17. The van der Waals surface area contributed by atoms with Gasteiger partial charge in [-0.05, 0) is 35.2 Å². The van der Waals surface area contributed by atoms with Gasteiger partial charge in [0.15, 0.2) is 11.5 Å². The standard InChI is InChI=1S/C22H26N4O2/c1-22(2,3)15-6-8-16(9-7-15)25-20-13-21(24-14-23-20)26-17-10-11-18(27-4)19(12-17)28-5/h6-14H,1-5H3,(H2,23,24,25,26). The molecule has 3 aromatic rings. The van der Waals surface area contributed by atoms with Crippen LogP contribution in [0.1, 0.15) is 26.3 Å². The Kier molecular flexibility index (Phi) is 5.68. The molecule has 0 bridgehead atoms. The zero-order valence-corrected chi connectivity index (χ0v) is 16.9. The summed E-state index contributed by atoms with van der Waals surface area (Å²) in [6.45, 7) is 6.60. The monoisotopic (exact) mass is 378 g/mol. The summed E-state index contributed by atoms with van der Waals surface area (Å²) in [4.78, 5) is 8.59. The van der Waals surface area contributed by atoms with E-state index in [9.17, 15) is 0 Å². The molecule has 1 aromatic heterocycles. The molecule has 1 heterocycles. The molecule has 0 amide bonds. The zero-order valence-electron chi connectivity index (χ0n) is 16.9. The van der Waals surface area contributed by atoms with Crippen molar-refractivity contribution in [2.45, 2.75) is 26.2 Å². The lowest BCUT2D eigenvalue weighted by molar-refractivity contribution is 0.355. The molecule has 6 heteroatoms. The highest BCUT2D eigenvalue weighted by molar-refractivity contribution is 5.65. The fraction of sp³-hybridized carbons (Fsp3) is 0.273. The number of aromatic nitrogens is 2. The van der Waals surface area contributed by atoms with Crippen molar-refractivity contribution in [1.29, 1.82) is 0 Å². The van der Waals surface area contributed by atoms with Crippen LogP contribution in [0, 0.1) is 0 Å². The van der Waals surface area contributed by atoms with Crippen LogP contribution < -0.4 is 20.1 Å². The molecular formula is C22H26N4O2. The third-order valence-corrected chi connectivity index (χ3v) is 4.35. The van der Waals surface area contributed by atoms with Crippen LogP contribution in [0.25, 0.3) is 0 Å². The van der Waals surface area contributed by atoms with Gasteiger partial charge in [0.25, 0.3) is 0 Å². The van der Waals surface area contributed by atoms with Crippen molar-refractivity contribution in [2.24, 2.45) is 0 Å². The Labute approximate surface area is 166 Å². The Hall–Kier alpha value is -3.28. The number of ether oxygens (including phenoxy) is 2. The Balaban J connectivity index is 1.74. The number of rotatable bonds is 6. The summed E-state index contributed by atoms with van der Waals surface area (Å²) in [5, 5.41) is 6.57. The van der Waals surface area contributed by atoms with Crippen LogP contribution in [0.3, 0.4) is 0 Å². The summed E-state index contributed by atoms with van der Waals surface area (Å²) in [6, 6.07) is 15.8. The van der Waals surface area contributed by atoms with Gasteiger partial charge < -0.3 is 20.1 Å². The molecule has 0 radical (unpaired) electrons. The lowest BCUT2D eigenvalue weighted by atomic mass is 9.87. The van der Waals surface area contributed by atoms with E-state index in [2.05, 4.69) is 65.6 Å². The van der Waals surface area contributed by atoms with Crippen LogP contribution in [-0.2, 0) is 5.41 Å². The van der Waals surface area contributed by atoms with Gasteiger partial charge in [-0.25, -0.2) is 9.97 Å². The number of hydrogen-bond acceptors (Lipinski definition) is 6. The highest BCUT2D eigenvalue weighted by atomic mass is 16.5. The van der Waals surface area contributed by atoms with Crippen molar-refractivity contribution in [3.05, 3.63) is 60.4 Å². The number of methoxy groups -OCH3 is 2. The molecule has 0 saturated heterocycles. The summed E-state index contributed by atoms with van der Waals surface area (Å²) in [7, 11) is 3.22. The first kappa shape index (κ1) is 19.5. The van der Waals surface area contributed by atoms with Crippen LogP contribution in [0.15, 0.2) is 54.9 Å². The maximum absolute atomic E-state index is 5.34. The van der Waals surface area contributed by atoms with E-state index >= 15 is 0 Å². The van der Waals surface area contributed by atoms with Crippen molar-refractivity contribution < 1.29 is 9.47 Å². The minimum atomic E-state index is 0.129. The number of nitrogens with zero attached hydrogens (tertiary/aromatic N) is 2. The zero-order chi connectivity index (χ0) is 20.1. The number of benzene rings is 2. The third-order valence-electron chi connectivity index (χ3n) is 4.35. The fourth-order valence-corrected chi connectivity index (χ4v) is 2.76. The number of nitrogens with one attached hydrogen (secondary N) is 2. The molecule has 2 aromatic carbocycles. The first-order chi connectivity index (χ1) is 13.4. The van der Waals surface area contributed by atoms with Crippen LogP contribution in [0.4, 0.5) is 23.0 Å². The molecule has 0 atom stereocenters. The average Bonchev–Trinajstić information content (AvgIpc) is 2.68. The van der Waals surface area contributed by atoms with E-state index in [0.29, 0.717) is 23.1 Å². The molecular weight excluding hydrogens is 352 g/mol. The van der Waals surface area contributed by atoms with Crippen LogP contribution in [0.2, 0.25) is 0 Å². The summed E-state index contributed by atoms with van der Waals surface area (Å²) < 4.78 is 10.6. The molecule has 146 valence electrons. The lowest BCUT2D eigenvalue weighted by Gasteiger charge is -2.19. The summed E-state index contributed by atoms with van der Waals surface area (Å²) in [5.41, 5.74) is 3.24. The lowest BCUT2D eigenvalue weighted by Crippen LogP contribution is -2.10. The topological polar surface area (TPSA) is 68.3 Å². The molecule has 0 aliphatic heterocycles. The molecule has 0 spiro atoms. The molecule has 28 heavy (non-hydrogen) atoms. The largest absolute Gasteiger partial charge is 0.493 e. The van der Waals surface area contributed by atoms with Gasteiger partial charge in [0.2, 0.25) is 0 Å². The van der Waals surface area contributed by atoms with Gasteiger partial charge in [-0.3, -0.25) is 0 Å². The molecule has 6 nitrogen and oxygen atoms in total. The second-order valence-corrected chi connectivity index (χ2v) is 7.44. The minimum absolute atomic E-state index is 0.129. The van der Waals surface area contributed by atoms with Gasteiger partial charge in [0, 0.05) is 23.5 Å². The maximum Gasteiger partial charge on any atom is 0.162 e. The predicted octanol–water partition coefficient (Wildman–Crippen LogP) is 5.28. The van der Waals surface area contributed by atoms with Crippen molar-refractivity contribution in [3.8, 4) is 11.5 Å². The van der Waals surface area contributed by atoms with E-state index in [4.69, 9.17) is 9.47 Å². The Bertz CT molecular complexity index is 934. The van der Waals surface area contributed by atoms with Gasteiger partial charge in [-0.2, -0.15) is 0 Å². The van der Waals surface area contributed by atoms with Gasteiger partial charge in [-0.1, -0.05) is 32.9 Å². The number of anilines is 4. The Morgan fingerprint density at radius 2 is 1.29 bits per heavy atom. The van der Waals surface area contributed by atoms with Crippen molar-refractivity contribution in [1.82, 2.24) is 9.97 Å². The Morgan fingerprint density at radius 1 is 0.714 bits per heavy atom. The van der Waals surface area contributed by atoms with E-state index in [1.807, 2.05) is 24.3 Å².